The quantitative estimate of drug-likeness (QED) is 0.776. The molecule has 1 aliphatic heterocycles. The van der Waals surface area contributed by atoms with Crippen LogP contribution in [0.25, 0.3) is 5.57 Å². The number of allylic oxidation sites excluding steroid dienone is 1. The van der Waals surface area contributed by atoms with Crippen molar-refractivity contribution in [3.63, 3.8) is 0 Å². The van der Waals surface area contributed by atoms with Gasteiger partial charge in [0.05, 0.1) is 11.6 Å². The lowest BCUT2D eigenvalue weighted by Gasteiger charge is -2.19. The fourth-order valence-corrected chi connectivity index (χ4v) is 2.87. The molecule has 110 valence electrons. The van der Waals surface area contributed by atoms with Crippen molar-refractivity contribution in [2.45, 2.75) is 20.8 Å². The Morgan fingerprint density at radius 3 is 2.81 bits per heavy atom. The van der Waals surface area contributed by atoms with Crippen LogP contribution in [-0.4, -0.2) is 17.5 Å². The SMILES string of the molecule is C=C1SC=C(C(=O)OCC)N1/C=C(\C)c1ccccc1C. The minimum Gasteiger partial charge on any atom is -0.461 e. The third-order valence-electron chi connectivity index (χ3n) is 3.21. The van der Waals surface area contributed by atoms with E-state index in [1.807, 2.05) is 25.3 Å². The molecule has 0 bridgehead atoms. The van der Waals surface area contributed by atoms with Gasteiger partial charge in [-0.05, 0) is 37.5 Å². The zero-order valence-electron chi connectivity index (χ0n) is 12.6. The number of hydrogen-bond acceptors (Lipinski definition) is 4. The minimum absolute atomic E-state index is 0.322. The van der Waals surface area contributed by atoms with Gasteiger partial charge in [0.2, 0.25) is 0 Å². The Bertz CT molecular complexity index is 631. The van der Waals surface area contributed by atoms with Gasteiger partial charge >= 0.3 is 5.97 Å². The molecule has 0 spiro atoms. The van der Waals surface area contributed by atoms with Gasteiger partial charge in [-0.2, -0.15) is 0 Å². The van der Waals surface area contributed by atoms with E-state index in [1.165, 1.54) is 17.3 Å². The maximum Gasteiger partial charge on any atom is 0.355 e. The number of carbonyl (C=O) groups excluding carboxylic acids is 1. The van der Waals surface area contributed by atoms with Crippen LogP contribution in [0.3, 0.4) is 0 Å². The van der Waals surface area contributed by atoms with Gasteiger partial charge in [-0.15, -0.1) is 0 Å². The number of benzene rings is 1. The highest BCUT2D eigenvalue weighted by Crippen LogP contribution is 2.35. The molecule has 1 aliphatic rings. The molecule has 4 heteroatoms. The smallest absolute Gasteiger partial charge is 0.355 e. The fourth-order valence-electron chi connectivity index (χ4n) is 2.14. The molecule has 0 fully saturated rings. The van der Waals surface area contributed by atoms with Gasteiger partial charge in [0.1, 0.15) is 5.70 Å². The van der Waals surface area contributed by atoms with Gasteiger partial charge in [0, 0.05) is 11.6 Å². The Hall–Kier alpha value is -1.94. The average molecular weight is 301 g/mol. The number of aryl methyl sites for hydroxylation is 1. The lowest BCUT2D eigenvalue weighted by Crippen LogP contribution is -2.19. The Balaban J connectivity index is 2.29. The topological polar surface area (TPSA) is 29.5 Å². The van der Waals surface area contributed by atoms with Crippen LogP contribution in [0.1, 0.15) is 25.0 Å². The minimum atomic E-state index is -0.322. The normalized spacial score (nSPS) is 15.2. The molecular formula is C17H19NO2S. The summed E-state index contributed by atoms with van der Waals surface area (Å²) in [5, 5.41) is 2.58. The summed E-state index contributed by atoms with van der Waals surface area (Å²) in [7, 11) is 0. The van der Waals surface area contributed by atoms with E-state index in [4.69, 9.17) is 4.74 Å². The second-order valence-electron chi connectivity index (χ2n) is 4.73. The molecule has 21 heavy (non-hydrogen) atoms. The summed E-state index contributed by atoms with van der Waals surface area (Å²) < 4.78 is 5.08. The molecule has 0 aromatic heterocycles. The molecule has 0 saturated carbocycles. The van der Waals surface area contributed by atoms with Gasteiger partial charge in [0.25, 0.3) is 0 Å². The maximum atomic E-state index is 12.0. The second kappa shape index (κ2) is 6.68. The van der Waals surface area contributed by atoms with Crippen molar-refractivity contribution >= 4 is 23.3 Å². The van der Waals surface area contributed by atoms with Crippen molar-refractivity contribution in [1.29, 1.82) is 0 Å². The summed E-state index contributed by atoms with van der Waals surface area (Å²) in [4.78, 5) is 13.8. The highest BCUT2D eigenvalue weighted by atomic mass is 32.2. The van der Waals surface area contributed by atoms with E-state index >= 15 is 0 Å². The molecule has 1 aromatic carbocycles. The summed E-state index contributed by atoms with van der Waals surface area (Å²) in [5.41, 5.74) is 3.95. The molecule has 3 nitrogen and oxygen atoms in total. The van der Waals surface area contributed by atoms with Crippen LogP contribution in [0.15, 0.2) is 53.2 Å². The highest BCUT2D eigenvalue weighted by Gasteiger charge is 2.25. The molecule has 0 atom stereocenters. The molecule has 0 unspecified atom stereocenters. The van der Waals surface area contributed by atoms with Gasteiger partial charge in [-0.3, -0.25) is 0 Å². The van der Waals surface area contributed by atoms with Crippen LogP contribution in [0, 0.1) is 6.92 Å². The van der Waals surface area contributed by atoms with Crippen molar-refractivity contribution < 1.29 is 9.53 Å². The van der Waals surface area contributed by atoms with Crippen LogP contribution in [-0.2, 0) is 9.53 Å². The lowest BCUT2D eigenvalue weighted by molar-refractivity contribution is -0.139. The molecule has 0 N–H and O–H groups in total. The van der Waals surface area contributed by atoms with E-state index in [0.717, 1.165) is 16.2 Å². The first-order valence-electron chi connectivity index (χ1n) is 6.81. The molecule has 2 rings (SSSR count). The number of rotatable bonds is 4. The van der Waals surface area contributed by atoms with Crippen molar-refractivity contribution in [1.82, 2.24) is 4.90 Å². The van der Waals surface area contributed by atoms with Crippen LogP contribution in [0.2, 0.25) is 0 Å². The molecule has 0 radical (unpaired) electrons. The number of esters is 1. The summed E-state index contributed by atoms with van der Waals surface area (Å²) >= 11 is 1.43. The lowest BCUT2D eigenvalue weighted by atomic mass is 10.0. The van der Waals surface area contributed by atoms with Gasteiger partial charge in [-0.25, -0.2) is 4.79 Å². The largest absolute Gasteiger partial charge is 0.461 e. The average Bonchev–Trinajstić information content (AvgIpc) is 2.81. The number of ether oxygens (including phenoxy) is 1. The Morgan fingerprint density at radius 1 is 1.43 bits per heavy atom. The molecule has 0 saturated heterocycles. The van der Waals surface area contributed by atoms with E-state index in [2.05, 4.69) is 25.6 Å². The van der Waals surface area contributed by atoms with Crippen molar-refractivity contribution in [2.24, 2.45) is 0 Å². The first-order valence-corrected chi connectivity index (χ1v) is 7.69. The van der Waals surface area contributed by atoms with Crippen LogP contribution in [0.5, 0.6) is 0 Å². The van der Waals surface area contributed by atoms with Gasteiger partial charge < -0.3 is 9.64 Å². The van der Waals surface area contributed by atoms with Crippen LogP contribution < -0.4 is 0 Å². The zero-order chi connectivity index (χ0) is 15.4. The monoisotopic (exact) mass is 301 g/mol. The Morgan fingerprint density at radius 2 is 2.14 bits per heavy atom. The van der Waals surface area contributed by atoms with Crippen molar-refractivity contribution in [2.75, 3.05) is 6.61 Å². The first kappa shape index (κ1) is 15.4. The van der Waals surface area contributed by atoms with Gasteiger partial charge in [0.15, 0.2) is 0 Å². The number of thioether (sulfide) groups is 1. The summed E-state index contributed by atoms with van der Waals surface area (Å²) in [6.45, 7) is 10.2. The van der Waals surface area contributed by atoms with Crippen LogP contribution >= 0.6 is 11.8 Å². The first-order chi connectivity index (χ1) is 10.0. The standard InChI is InChI=1S/C17H19NO2S/c1-5-20-17(19)16-11-21-14(4)18(16)10-13(3)15-9-7-6-8-12(15)2/h6-11H,4-5H2,1-3H3/b13-10+. The highest BCUT2D eigenvalue weighted by molar-refractivity contribution is 8.06. The molecule has 1 aromatic rings. The summed E-state index contributed by atoms with van der Waals surface area (Å²) in [5.74, 6) is -0.322. The van der Waals surface area contributed by atoms with E-state index in [-0.39, 0.29) is 5.97 Å². The van der Waals surface area contributed by atoms with E-state index in [1.54, 1.807) is 17.2 Å². The molecule has 0 aliphatic carbocycles. The summed E-state index contributed by atoms with van der Waals surface area (Å²) in [6.07, 6.45) is 1.94. The van der Waals surface area contributed by atoms with Crippen molar-refractivity contribution in [3.8, 4) is 0 Å². The predicted octanol–water partition coefficient (Wildman–Crippen LogP) is 4.28. The number of nitrogens with zero attached hydrogens (tertiary/aromatic N) is 1. The third-order valence-corrected chi connectivity index (χ3v) is 4.02. The molecular weight excluding hydrogens is 282 g/mol. The Kier molecular flexibility index (Phi) is 4.91. The fraction of sp³-hybridized carbons (Fsp3) is 0.235. The third kappa shape index (κ3) is 3.39. The summed E-state index contributed by atoms with van der Waals surface area (Å²) in [6, 6.07) is 8.17. The molecule has 1 heterocycles. The van der Waals surface area contributed by atoms with E-state index in [9.17, 15) is 4.79 Å². The van der Waals surface area contributed by atoms with E-state index in [0.29, 0.717) is 12.3 Å². The Labute approximate surface area is 130 Å². The van der Waals surface area contributed by atoms with E-state index < -0.39 is 0 Å². The number of carbonyl (C=O) groups is 1. The van der Waals surface area contributed by atoms with Crippen molar-refractivity contribution in [3.05, 3.63) is 64.3 Å². The second-order valence-corrected chi connectivity index (χ2v) is 5.67. The maximum absolute atomic E-state index is 12.0. The van der Waals surface area contributed by atoms with Crippen LogP contribution in [0.4, 0.5) is 0 Å². The predicted molar refractivity (Wildman–Crippen MR) is 88.1 cm³/mol. The number of hydrogen-bond donors (Lipinski definition) is 0. The van der Waals surface area contributed by atoms with Gasteiger partial charge in [-0.1, -0.05) is 42.6 Å². The zero-order valence-corrected chi connectivity index (χ0v) is 13.4. The molecule has 0 amide bonds.